The van der Waals surface area contributed by atoms with Crippen molar-refractivity contribution in [2.45, 2.75) is 25.7 Å². The average Bonchev–Trinajstić information content (AvgIpc) is 2.69. The van der Waals surface area contributed by atoms with E-state index in [2.05, 4.69) is 21.2 Å². The van der Waals surface area contributed by atoms with Crippen molar-refractivity contribution in [3.05, 3.63) is 32.5 Å². The Morgan fingerprint density at radius 3 is 2.85 bits per heavy atom. The molecule has 1 aliphatic heterocycles. The second kappa shape index (κ2) is 5.63. The number of nitro benzene ring substituents is 1. The van der Waals surface area contributed by atoms with Crippen molar-refractivity contribution >= 4 is 27.3 Å². The molecule has 0 saturated carbocycles. The van der Waals surface area contributed by atoms with Gasteiger partial charge < -0.3 is 14.8 Å². The zero-order valence-electron chi connectivity index (χ0n) is 11.0. The van der Waals surface area contributed by atoms with Gasteiger partial charge in [0.25, 0.3) is 0 Å². The number of benzene rings is 1. The van der Waals surface area contributed by atoms with Crippen LogP contribution in [0.2, 0.25) is 0 Å². The minimum atomic E-state index is -0.885. The Morgan fingerprint density at radius 2 is 2.30 bits per heavy atom. The van der Waals surface area contributed by atoms with E-state index in [4.69, 9.17) is 9.47 Å². The van der Waals surface area contributed by atoms with Gasteiger partial charge in [0.2, 0.25) is 5.82 Å². The first-order valence-electron chi connectivity index (χ1n) is 5.97. The molecule has 0 aliphatic carbocycles. The Labute approximate surface area is 123 Å². The molecule has 0 unspecified atom stereocenters. The summed E-state index contributed by atoms with van der Waals surface area (Å²) in [6.45, 7) is 4.48. The molecule has 1 N–H and O–H groups in total. The van der Waals surface area contributed by atoms with Gasteiger partial charge in [-0.05, 0) is 29.8 Å². The molecule has 2 rings (SSSR count). The predicted octanol–water partition coefficient (Wildman–Crippen LogP) is 3.06. The maximum atomic E-state index is 13.5. The van der Waals surface area contributed by atoms with Crippen LogP contribution in [-0.4, -0.2) is 30.0 Å². The third kappa shape index (κ3) is 3.44. The van der Waals surface area contributed by atoms with Crippen LogP contribution >= 0.6 is 15.9 Å². The van der Waals surface area contributed by atoms with Gasteiger partial charge in [-0.1, -0.05) is 0 Å². The van der Waals surface area contributed by atoms with E-state index in [0.29, 0.717) is 23.3 Å². The summed E-state index contributed by atoms with van der Waals surface area (Å²) in [5.41, 5.74) is -0.134. The first-order chi connectivity index (χ1) is 9.28. The molecule has 6 nitrogen and oxygen atoms in total. The van der Waals surface area contributed by atoms with Gasteiger partial charge in [-0.3, -0.25) is 10.1 Å². The summed E-state index contributed by atoms with van der Waals surface area (Å²) in [4.78, 5) is 9.85. The van der Waals surface area contributed by atoms with Crippen LogP contribution in [0.25, 0.3) is 0 Å². The second-order valence-corrected chi connectivity index (χ2v) is 5.73. The number of halogens is 2. The van der Waals surface area contributed by atoms with E-state index in [1.165, 1.54) is 0 Å². The molecule has 0 bridgehead atoms. The van der Waals surface area contributed by atoms with Gasteiger partial charge in [-0.25, -0.2) is 0 Å². The Kier molecular flexibility index (Phi) is 4.26. The van der Waals surface area contributed by atoms with E-state index in [1.807, 2.05) is 13.8 Å². The van der Waals surface area contributed by atoms with Crippen LogP contribution in [0.1, 0.15) is 13.8 Å². The molecule has 0 aromatic heterocycles. The van der Waals surface area contributed by atoms with Gasteiger partial charge in [0, 0.05) is 23.2 Å². The minimum absolute atomic E-state index is 0.157. The highest BCUT2D eigenvalue weighted by atomic mass is 79.9. The molecule has 1 heterocycles. The van der Waals surface area contributed by atoms with Crippen molar-refractivity contribution in [3.8, 4) is 0 Å². The smallest absolute Gasteiger partial charge is 0.306 e. The summed E-state index contributed by atoms with van der Waals surface area (Å²) in [5, 5.41) is 13.6. The van der Waals surface area contributed by atoms with Crippen LogP contribution in [-0.2, 0) is 9.47 Å². The molecule has 1 aromatic carbocycles. The van der Waals surface area contributed by atoms with Crippen LogP contribution in [0.3, 0.4) is 0 Å². The minimum Gasteiger partial charge on any atom is -0.381 e. The van der Waals surface area contributed by atoms with Gasteiger partial charge >= 0.3 is 5.69 Å². The fourth-order valence-corrected chi connectivity index (χ4v) is 2.37. The standard InChI is InChI=1S/C12H14BrFN2O4/c1-12(2)19-6-7(20-12)5-15-10-4-9(14)11(16(17)18)3-8(10)13/h3-4,7,15H,5-6H2,1-2H3/t7-/m1/s1. The quantitative estimate of drug-likeness (QED) is 0.668. The number of nitrogens with zero attached hydrogens (tertiary/aromatic N) is 1. The summed E-state index contributed by atoms with van der Waals surface area (Å²) in [6, 6.07) is 2.22. The monoisotopic (exact) mass is 348 g/mol. The Bertz CT molecular complexity index is 538. The molecule has 1 aromatic rings. The summed E-state index contributed by atoms with van der Waals surface area (Å²) in [5.74, 6) is -1.51. The molecule has 1 atom stereocenters. The van der Waals surface area contributed by atoms with Crippen molar-refractivity contribution in [1.29, 1.82) is 0 Å². The fourth-order valence-electron chi connectivity index (χ4n) is 1.90. The maximum absolute atomic E-state index is 13.5. The van der Waals surface area contributed by atoms with Crippen LogP contribution in [0.5, 0.6) is 0 Å². The highest BCUT2D eigenvalue weighted by Crippen LogP contribution is 2.30. The number of nitrogens with one attached hydrogen (secondary N) is 1. The number of ether oxygens (including phenoxy) is 2. The Hall–Kier alpha value is -1.25. The van der Waals surface area contributed by atoms with Gasteiger partial charge in [0.15, 0.2) is 5.79 Å². The zero-order valence-corrected chi connectivity index (χ0v) is 12.6. The molecule has 0 amide bonds. The lowest BCUT2D eigenvalue weighted by Gasteiger charge is -2.17. The van der Waals surface area contributed by atoms with E-state index in [0.717, 1.165) is 12.1 Å². The van der Waals surface area contributed by atoms with Crippen molar-refractivity contribution < 1.29 is 18.8 Å². The first-order valence-corrected chi connectivity index (χ1v) is 6.77. The SMILES string of the molecule is CC1(C)OC[C@@H](CNc2cc(F)c([N+](=O)[O-])cc2Br)O1. The highest BCUT2D eigenvalue weighted by molar-refractivity contribution is 9.10. The summed E-state index contributed by atoms with van der Waals surface area (Å²) in [6.07, 6.45) is -0.157. The molecule has 0 radical (unpaired) electrons. The average molecular weight is 349 g/mol. The molecular weight excluding hydrogens is 335 g/mol. The van der Waals surface area contributed by atoms with Crippen molar-refractivity contribution in [3.63, 3.8) is 0 Å². The molecule has 0 spiro atoms. The second-order valence-electron chi connectivity index (χ2n) is 4.87. The number of anilines is 1. The number of hydrogen-bond acceptors (Lipinski definition) is 5. The van der Waals surface area contributed by atoms with Gasteiger partial charge in [0.05, 0.1) is 17.2 Å². The molecule has 1 saturated heterocycles. The predicted molar refractivity (Wildman–Crippen MR) is 74.1 cm³/mol. The van der Waals surface area contributed by atoms with E-state index < -0.39 is 22.2 Å². The first kappa shape index (κ1) is 15.1. The number of rotatable bonds is 4. The van der Waals surface area contributed by atoms with Crippen LogP contribution in [0.4, 0.5) is 15.8 Å². The van der Waals surface area contributed by atoms with Crippen LogP contribution in [0, 0.1) is 15.9 Å². The molecule has 8 heteroatoms. The van der Waals surface area contributed by atoms with E-state index in [9.17, 15) is 14.5 Å². The van der Waals surface area contributed by atoms with E-state index >= 15 is 0 Å². The number of nitro groups is 1. The molecule has 20 heavy (non-hydrogen) atoms. The topological polar surface area (TPSA) is 73.6 Å². The molecule has 1 aliphatic rings. The highest BCUT2D eigenvalue weighted by Gasteiger charge is 2.32. The summed E-state index contributed by atoms with van der Waals surface area (Å²) in [7, 11) is 0. The van der Waals surface area contributed by atoms with Crippen molar-refractivity contribution in [2.75, 3.05) is 18.5 Å². The van der Waals surface area contributed by atoms with Crippen LogP contribution in [0.15, 0.2) is 16.6 Å². The third-order valence-corrected chi connectivity index (χ3v) is 3.48. The molecular formula is C12H14BrFN2O4. The summed E-state index contributed by atoms with van der Waals surface area (Å²) < 4.78 is 25.0. The Balaban J connectivity index is 2.04. The van der Waals surface area contributed by atoms with Gasteiger partial charge in [-0.2, -0.15) is 4.39 Å². The van der Waals surface area contributed by atoms with Gasteiger partial charge in [-0.15, -0.1) is 0 Å². The zero-order chi connectivity index (χ0) is 14.9. The fraction of sp³-hybridized carbons (Fsp3) is 0.500. The van der Waals surface area contributed by atoms with E-state index in [1.54, 1.807) is 0 Å². The molecule has 110 valence electrons. The molecule has 1 fully saturated rings. The van der Waals surface area contributed by atoms with E-state index in [-0.39, 0.29) is 6.10 Å². The van der Waals surface area contributed by atoms with Crippen molar-refractivity contribution in [1.82, 2.24) is 0 Å². The number of hydrogen-bond donors (Lipinski definition) is 1. The van der Waals surface area contributed by atoms with Gasteiger partial charge in [0.1, 0.15) is 6.10 Å². The lowest BCUT2D eigenvalue weighted by molar-refractivity contribution is -0.387. The third-order valence-electron chi connectivity index (χ3n) is 2.82. The lowest BCUT2D eigenvalue weighted by atomic mass is 10.2. The summed E-state index contributed by atoms with van der Waals surface area (Å²) >= 11 is 3.18. The lowest BCUT2D eigenvalue weighted by Crippen LogP contribution is -2.26. The van der Waals surface area contributed by atoms with Crippen LogP contribution < -0.4 is 5.32 Å². The largest absolute Gasteiger partial charge is 0.381 e. The van der Waals surface area contributed by atoms with Crippen molar-refractivity contribution in [2.24, 2.45) is 0 Å². The maximum Gasteiger partial charge on any atom is 0.306 e. The normalized spacial score (nSPS) is 20.9. The Morgan fingerprint density at radius 1 is 1.60 bits per heavy atom.